The van der Waals surface area contributed by atoms with E-state index in [0.717, 1.165) is 29.7 Å². The lowest BCUT2D eigenvalue weighted by Gasteiger charge is -2.33. The molecule has 0 fully saturated rings. The number of carbonyl (C=O) groups is 1. The topological polar surface area (TPSA) is 46.5 Å². The first kappa shape index (κ1) is 11.0. The fourth-order valence-corrected chi connectivity index (χ4v) is 2.14. The molecule has 0 atom stereocenters. The van der Waals surface area contributed by atoms with Crippen LogP contribution in [0.1, 0.15) is 41.8 Å². The van der Waals surface area contributed by atoms with Crippen LogP contribution < -0.4 is 4.74 Å². The molecule has 3 nitrogen and oxygen atoms in total. The Morgan fingerprint density at radius 1 is 1.44 bits per heavy atom. The van der Waals surface area contributed by atoms with Crippen LogP contribution in [0.25, 0.3) is 0 Å². The van der Waals surface area contributed by atoms with Crippen molar-refractivity contribution in [3.63, 3.8) is 0 Å². The van der Waals surface area contributed by atoms with Crippen molar-refractivity contribution in [1.29, 1.82) is 0 Å². The largest absolute Gasteiger partial charge is 0.488 e. The summed E-state index contributed by atoms with van der Waals surface area (Å²) in [7, 11) is 0. The molecule has 0 saturated heterocycles. The zero-order chi connectivity index (χ0) is 11.9. The molecule has 3 heteroatoms. The highest BCUT2D eigenvalue weighted by molar-refractivity contribution is 5.90. The van der Waals surface area contributed by atoms with Crippen LogP contribution in [-0.4, -0.2) is 16.7 Å². The smallest absolute Gasteiger partial charge is 0.335 e. The molecule has 16 heavy (non-hydrogen) atoms. The lowest BCUT2D eigenvalue weighted by atomic mass is 9.90. The van der Waals surface area contributed by atoms with E-state index < -0.39 is 5.97 Å². The number of ether oxygens (including phenoxy) is 1. The van der Waals surface area contributed by atoms with Gasteiger partial charge in [0.2, 0.25) is 0 Å². The molecular formula is C13H16O3. The number of hydrogen-bond acceptors (Lipinski definition) is 2. The van der Waals surface area contributed by atoms with Gasteiger partial charge in [-0.3, -0.25) is 0 Å². The summed E-state index contributed by atoms with van der Waals surface area (Å²) >= 11 is 0. The third-order valence-corrected chi connectivity index (χ3v) is 3.15. The summed E-state index contributed by atoms with van der Waals surface area (Å²) in [5, 5.41) is 9.03. The summed E-state index contributed by atoms with van der Waals surface area (Å²) in [5.41, 5.74) is 2.10. The van der Waals surface area contributed by atoms with Crippen LogP contribution in [0.4, 0.5) is 0 Å². The molecule has 0 amide bonds. The first-order valence-electron chi connectivity index (χ1n) is 5.45. The van der Waals surface area contributed by atoms with Gasteiger partial charge < -0.3 is 9.84 Å². The fourth-order valence-electron chi connectivity index (χ4n) is 2.14. The van der Waals surface area contributed by atoms with Gasteiger partial charge in [-0.1, -0.05) is 0 Å². The Balaban J connectivity index is 2.49. The number of hydrogen-bond donors (Lipinski definition) is 1. The monoisotopic (exact) mass is 220 g/mol. The van der Waals surface area contributed by atoms with Crippen molar-refractivity contribution in [1.82, 2.24) is 0 Å². The van der Waals surface area contributed by atoms with Crippen molar-refractivity contribution in [2.24, 2.45) is 0 Å². The van der Waals surface area contributed by atoms with Crippen LogP contribution in [0.15, 0.2) is 12.1 Å². The number of benzene rings is 1. The summed E-state index contributed by atoms with van der Waals surface area (Å²) < 4.78 is 5.84. The van der Waals surface area contributed by atoms with Gasteiger partial charge in [-0.2, -0.15) is 0 Å². The van der Waals surface area contributed by atoms with Crippen LogP contribution in [-0.2, 0) is 6.42 Å². The molecule has 0 saturated carbocycles. The van der Waals surface area contributed by atoms with Crippen LogP contribution in [0.3, 0.4) is 0 Å². The van der Waals surface area contributed by atoms with E-state index >= 15 is 0 Å². The lowest BCUT2D eigenvalue weighted by molar-refractivity contribution is 0.0694. The van der Waals surface area contributed by atoms with Gasteiger partial charge in [0.1, 0.15) is 11.4 Å². The van der Waals surface area contributed by atoms with Crippen molar-refractivity contribution in [2.45, 2.75) is 39.2 Å². The van der Waals surface area contributed by atoms with Crippen molar-refractivity contribution in [3.8, 4) is 5.75 Å². The molecule has 0 aromatic heterocycles. The van der Waals surface area contributed by atoms with E-state index in [0.29, 0.717) is 5.56 Å². The van der Waals surface area contributed by atoms with Gasteiger partial charge in [-0.05, 0) is 56.9 Å². The van der Waals surface area contributed by atoms with E-state index in [1.807, 2.05) is 6.92 Å². The van der Waals surface area contributed by atoms with E-state index in [2.05, 4.69) is 13.8 Å². The minimum atomic E-state index is -0.870. The summed E-state index contributed by atoms with van der Waals surface area (Å²) in [6.07, 6.45) is 1.80. The Labute approximate surface area is 95.0 Å². The number of carboxylic acids is 1. The molecule has 0 spiro atoms. The van der Waals surface area contributed by atoms with Gasteiger partial charge in [0.05, 0.1) is 5.56 Å². The standard InChI is InChI=1S/C13H16O3/c1-8-9-6-7-13(2,3)16-11(9)5-4-10(8)12(14)15/h4-5H,6-7H2,1-3H3,(H,14,15). The second-order valence-electron chi connectivity index (χ2n) is 4.88. The van der Waals surface area contributed by atoms with Crippen LogP contribution in [0.5, 0.6) is 5.75 Å². The summed E-state index contributed by atoms with van der Waals surface area (Å²) in [6.45, 7) is 5.96. The van der Waals surface area contributed by atoms with Gasteiger partial charge in [0, 0.05) is 0 Å². The van der Waals surface area contributed by atoms with E-state index in [-0.39, 0.29) is 5.60 Å². The number of rotatable bonds is 1. The summed E-state index contributed by atoms with van der Waals surface area (Å²) in [4.78, 5) is 11.0. The first-order chi connectivity index (χ1) is 7.41. The zero-order valence-electron chi connectivity index (χ0n) is 9.83. The van der Waals surface area contributed by atoms with Crippen molar-refractivity contribution in [3.05, 3.63) is 28.8 Å². The molecule has 1 aromatic rings. The molecule has 86 valence electrons. The van der Waals surface area contributed by atoms with Gasteiger partial charge in [0.15, 0.2) is 0 Å². The number of fused-ring (bicyclic) bond motifs is 1. The molecule has 0 radical (unpaired) electrons. The van der Waals surface area contributed by atoms with Crippen molar-refractivity contribution in [2.75, 3.05) is 0 Å². The third kappa shape index (κ3) is 1.77. The molecule has 0 unspecified atom stereocenters. The minimum absolute atomic E-state index is 0.149. The van der Waals surface area contributed by atoms with Gasteiger partial charge in [-0.15, -0.1) is 0 Å². The van der Waals surface area contributed by atoms with Crippen LogP contribution >= 0.6 is 0 Å². The normalized spacial score (nSPS) is 17.4. The maximum absolute atomic E-state index is 11.0. The number of carboxylic acid groups (broad SMARTS) is 1. The third-order valence-electron chi connectivity index (χ3n) is 3.15. The fraction of sp³-hybridized carbons (Fsp3) is 0.462. The SMILES string of the molecule is Cc1c(C(=O)O)ccc2c1CCC(C)(C)O2. The molecule has 0 aliphatic carbocycles. The highest BCUT2D eigenvalue weighted by Gasteiger charge is 2.28. The molecule has 1 N–H and O–H groups in total. The quantitative estimate of drug-likeness (QED) is 0.791. The van der Waals surface area contributed by atoms with Gasteiger partial charge >= 0.3 is 5.97 Å². The van der Waals surface area contributed by atoms with E-state index in [1.54, 1.807) is 12.1 Å². The highest BCUT2D eigenvalue weighted by atomic mass is 16.5. The molecule has 0 bridgehead atoms. The predicted octanol–water partition coefficient (Wildman–Crippen LogP) is 2.80. The van der Waals surface area contributed by atoms with Crippen molar-refractivity contribution < 1.29 is 14.6 Å². The Morgan fingerprint density at radius 3 is 2.75 bits per heavy atom. The molecular weight excluding hydrogens is 204 g/mol. The average Bonchev–Trinajstić information content (AvgIpc) is 2.15. The molecule has 1 aliphatic rings. The van der Waals surface area contributed by atoms with Crippen LogP contribution in [0.2, 0.25) is 0 Å². The van der Waals surface area contributed by atoms with E-state index in [9.17, 15) is 4.79 Å². The molecule has 1 aliphatic heterocycles. The number of aromatic carboxylic acids is 1. The Morgan fingerprint density at radius 2 is 2.12 bits per heavy atom. The second kappa shape index (κ2) is 3.51. The Kier molecular flexibility index (Phi) is 2.41. The van der Waals surface area contributed by atoms with Crippen molar-refractivity contribution >= 4 is 5.97 Å². The van der Waals surface area contributed by atoms with Gasteiger partial charge in [-0.25, -0.2) is 4.79 Å². The summed E-state index contributed by atoms with van der Waals surface area (Å²) in [6, 6.07) is 3.39. The van der Waals surface area contributed by atoms with E-state index in [4.69, 9.17) is 9.84 Å². The van der Waals surface area contributed by atoms with E-state index in [1.165, 1.54) is 0 Å². The first-order valence-corrected chi connectivity index (χ1v) is 5.45. The molecule has 2 rings (SSSR count). The average molecular weight is 220 g/mol. The minimum Gasteiger partial charge on any atom is -0.488 e. The maximum Gasteiger partial charge on any atom is 0.335 e. The lowest BCUT2D eigenvalue weighted by Crippen LogP contribution is -2.33. The maximum atomic E-state index is 11.0. The Hall–Kier alpha value is -1.51. The highest BCUT2D eigenvalue weighted by Crippen LogP contribution is 2.35. The Bertz CT molecular complexity index is 447. The second-order valence-corrected chi connectivity index (χ2v) is 4.88. The molecule has 1 heterocycles. The summed E-state index contributed by atoms with van der Waals surface area (Å²) in [5.74, 6) is -0.0381. The zero-order valence-corrected chi connectivity index (χ0v) is 9.83. The van der Waals surface area contributed by atoms with Crippen LogP contribution in [0, 0.1) is 6.92 Å². The van der Waals surface area contributed by atoms with Gasteiger partial charge in [0.25, 0.3) is 0 Å². The predicted molar refractivity (Wildman–Crippen MR) is 61.2 cm³/mol. The molecule has 1 aromatic carbocycles.